The molecular formula is C21H18ClN3O7S. The molecule has 2 atom stereocenters. The van der Waals surface area contributed by atoms with Crippen LogP contribution in [-0.2, 0) is 19.1 Å². The number of hydrogen-bond donors (Lipinski definition) is 2. The largest absolute Gasteiger partial charge is 0.477 e. The molecule has 2 N–H and O–H groups in total. The lowest BCUT2D eigenvalue weighted by Crippen LogP contribution is -2.70. The van der Waals surface area contributed by atoms with Crippen molar-refractivity contribution in [2.75, 3.05) is 12.4 Å². The number of halogens is 1. The molecule has 4 rings (SSSR count). The van der Waals surface area contributed by atoms with Crippen molar-refractivity contribution in [3.05, 3.63) is 51.9 Å². The van der Waals surface area contributed by atoms with Gasteiger partial charge in [-0.2, -0.15) is 0 Å². The van der Waals surface area contributed by atoms with Gasteiger partial charge in [0, 0.05) is 23.8 Å². The van der Waals surface area contributed by atoms with Crippen LogP contribution in [-0.4, -0.2) is 62.7 Å². The van der Waals surface area contributed by atoms with Gasteiger partial charge in [-0.25, -0.2) is 4.79 Å². The van der Waals surface area contributed by atoms with Gasteiger partial charge in [-0.15, -0.1) is 11.8 Å². The number of benzene rings is 1. The zero-order valence-corrected chi connectivity index (χ0v) is 19.0. The molecule has 1 aromatic heterocycles. The number of aromatic nitrogens is 1. The average molecular weight is 492 g/mol. The topological polar surface area (TPSA) is 139 Å². The molecule has 2 unspecified atom stereocenters. The summed E-state index contributed by atoms with van der Waals surface area (Å²) in [5.41, 5.74) is 0.965. The van der Waals surface area contributed by atoms with Crippen molar-refractivity contribution in [1.82, 2.24) is 15.4 Å². The van der Waals surface area contributed by atoms with E-state index in [1.807, 2.05) is 0 Å². The van der Waals surface area contributed by atoms with Crippen LogP contribution in [0.2, 0.25) is 5.02 Å². The zero-order chi connectivity index (χ0) is 23.9. The third-order valence-electron chi connectivity index (χ3n) is 5.20. The molecule has 0 saturated carbocycles. The van der Waals surface area contributed by atoms with E-state index in [-0.39, 0.29) is 35.1 Å². The molecular weight excluding hydrogens is 474 g/mol. The number of aryl methyl sites for hydroxylation is 1. The van der Waals surface area contributed by atoms with Gasteiger partial charge in [0.1, 0.15) is 40.7 Å². The molecule has 0 spiro atoms. The lowest BCUT2D eigenvalue weighted by molar-refractivity contribution is -0.149. The Kier molecular flexibility index (Phi) is 6.17. The fraction of sp³-hybridized carbons (Fsp3) is 0.286. The minimum absolute atomic E-state index is 0.139. The summed E-state index contributed by atoms with van der Waals surface area (Å²) < 4.78 is 10.1. The number of hydrogen-bond acceptors (Lipinski definition) is 8. The number of carboxylic acid groups (broad SMARTS) is 1. The molecule has 2 aromatic rings. The van der Waals surface area contributed by atoms with Crippen LogP contribution in [0.25, 0.3) is 11.3 Å². The lowest BCUT2D eigenvalue weighted by Gasteiger charge is -2.49. The number of aliphatic carboxylic acids is 1. The molecule has 3 heterocycles. The van der Waals surface area contributed by atoms with Crippen LogP contribution in [0.4, 0.5) is 0 Å². The smallest absolute Gasteiger partial charge is 0.352 e. The van der Waals surface area contributed by atoms with Gasteiger partial charge in [-0.05, 0) is 13.0 Å². The number of carbonyl (C=O) groups is 4. The van der Waals surface area contributed by atoms with Crippen LogP contribution in [0.1, 0.15) is 23.0 Å². The van der Waals surface area contributed by atoms with E-state index in [4.69, 9.17) is 20.9 Å². The van der Waals surface area contributed by atoms with Gasteiger partial charge in [0.25, 0.3) is 11.8 Å². The lowest BCUT2D eigenvalue weighted by atomic mass is 10.0. The van der Waals surface area contributed by atoms with Crippen molar-refractivity contribution in [2.45, 2.75) is 25.3 Å². The number of carbonyl (C=O) groups excluding carboxylic acids is 3. The number of nitrogens with one attached hydrogen (secondary N) is 1. The van der Waals surface area contributed by atoms with Crippen molar-refractivity contribution in [3.8, 4) is 11.3 Å². The number of β-lactam (4-membered cyclic amide) rings is 1. The number of amides is 2. The molecule has 10 nitrogen and oxygen atoms in total. The maximum absolute atomic E-state index is 13.1. The van der Waals surface area contributed by atoms with E-state index in [9.17, 15) is 24.3 Å². The Morgan fingerprint density at radius 3 is 2.76 bits per heavy atom. The van der Waals surface area contributed by atoms with Crippen LogP contribution in [0.3, 0.4) is 0 Å². The normalized spacial score (nSPS) is 19.6. The van der Waals surface area contributed by atoms with Gasteiger partial charge in [-0.3, -0.25) is 19.3 Å². The molecule has 172 valence electrons. The highest BCUT2D eigenvalue weighted by atomic mass is 35.5. The number of fused-ring (bicyclic) bond motifs is 1. The summed E-state index contributed by atoms with van der Waals surface area (Å²) in [7, 11) is 0. The number of nitrogens with zero attached hydrogens (tertiary/aromatic N) is 2. The van der Waals surface area contributed by atoms with Crippen LogP contribution in [0.5, 0.6) is 0 Å². The second-order valence-corrected chi connectivity index (χ2v) is 8.85. The molecule has 2 aliphatic heterocycles. The van der Waals surface area contributed by atoms with E-state index in [2.05, 4.69) is 10.5 Å². The van der Waals surface area contributed by atoms with E-state index < -0.39 is 35.2 Å². The Morgan fingerprint density at radius 1 is 1.36 bits per heavy atom. The van der Waals surface area contributed by atoms with Crippen molar-refractivity contribution >= 4 is 47.1 Å². The molecule has 12 heteroatoms. The Balaban J connectivity index is 1.56. The Morgan fingerprint density at radius 2 is 2.09 bits per heavy atom. The quantitative estimate of drug-likeness (QED) is 0.459. The number of esters is 1. The van der Waals surface area contributed by atoms with Gasteiger partial charge in [0.15, 0.2) is 0 Å². The molecule has 2 aliphatic rings. The monoisotopic (exact) mass is 491 g/mol. The predicted octanol–water partition coefficient (Wildman–Crippen LogP) is 2.22. The third-order valence-corrected chi connectivity index (χ3v) is 6.87. The summed E-state index contributed by atoms with van der Waals surface area (Å²) in [5, 5.41) is 16.0. The number of carboxylic acids is 1. The number of thioether (sulfide) groups is 1. The first kappa shape index (κ1) is 22.9. The van der Waals surface area contributed by atoms with Crippen molar-refractivity contribution < 1.29 is 33.5 Å². The summed E-state index contributed by atoms with van der Waals surface area (Å²) >= 11 is 7.51. The van der Waals surface area contributed by atoms with E-state index in [1.165, 1.54) is 18.7 Å². The van der Waals surface area contributed by atoms with E-state index in [1.54, 1.807) is 31.2 Å². The van der Waals surface area contributed by atoms with Gasteiger partial charge >= 0.3 is 11.9 Å². The molecule has 1 aromatic carbocycles. The fourth-order valence-electron chi connectivity index (χ4n) is 3.67. The summed E-state index contributed by atoms with van der Waals surface area (Å²) in [6, 6.07) is 5.89. The SMILES string of the molecule is CC(=O)OCC1=C(C(=O)O)N2C(=O)C(NC(=O)c3c(-c4ccccc4Cl)noc3C)C2SC1. The maximum Gasteiger partial charge on any atom is 0.352 e. The highest BCUT2D eigenvalue weighted by Crippen LogP contribution is 2.41. The molecule has 0 aliphatic carbocycles. The Labute approximate surface area is 196 Å². The third kappa shape index (κ3) is 4.09. The minimum atomic E-state index is -1.31. The van der Waals surface area contributed by atoms with Crippen molar-refractivity contribution in [1.29, 1.82) is 0 Å². The Bertz CT molecular complexity index is 1210. The summed E-state index contributed by atoms with van der Waals surface area (Å²) in [4.78, 5) is 49.9. The van der Waals surface area contributed by atoms with E-state index >= 15 is 0 Å². The van der Waals surface area contributed by atoms with Crippen LogP contribution >= 0.6 is 23.4 Å². The van der Waals surface area contributed by atoms with Crippen LogP contribution in [0.15, 0.2) is 40.1 Å². The zero-order valence-electron chi connectivity index (χ0n) is 17.5. The number of ether oxygens (including phenoxy) is 1. The van der Waals surface area contributed by atoms with Crippen LogP contribution in [0, 0.1) is 6.92 Å². The van der Waals surface area contributed by atoms with E-state index in [0.717, 1.165) is 4.90 Å². The summed E-state index contributed by atoms with van der Waals surface area (Å²) in [6.45, 7) is 2.56. The summed E-state index contributed by atoms with van der Waals surface area (Å²) in [5.74, 6) is -2.56. The van der Waals surface area contributed by atoms with Crippen molar-refractivity contribution in [3.63, 3.8) is 0 Å². The van der Waals surface area contributed by atoms with Crippen molar-refractivity contribution in [2.24, 2.45) is 0 Å². The maximum atomic E-state index is 13.1. The first-order valence-electron chi connectivity index (χ1n) is 9.76. The standard InChI is InChI=1S/C21H18ClN3O7S/c1-9-14(15(24-32-9)12-5-3-4-6-13(12)22)18(27)23-16-19(28)25-17(21(29)30)11(7-31-10(2)26)8-33-20(16)25/h3-6,16,20H,7-8H2,1-2H3,(H,23,27)(H,29,30). The number of rotatable bonds is 6. The first-order chi connectivity index (χ1) is 15.7. The van der Waals surface area contributed by atoms with Crippen LogP contribution < -0.4 is 5.32 Å². The highest BCUT2D eigenvalue weighted by Gasteiger charge is 2.54. The molecule has 1 saturated heterocycles. The average Bonchev–Trinajstić information content (AvgIpc) is 3.16. The van der Waals surface area contributed by atoms with Gasteiger partial charge in [0.05, 0.1) is 5.02 Å². The fourth-order valence-corrected chi connectivity index (χ4v) is 5.23. The molecule has 0 radical (unpaired) electrons. The minimum Gasteiger partial charge on any atom is -0.477 e. The molecule has 1 fully saturated rings. The molecule has 0 bridgehead atoms. The Hall–Kier alpha value is -3.31. The second kappa shape index (κ2) is 8.91. The van der Waals surface area contributed by atoms with Gasteiger partial charge in [-0.1, -0.05) is 35.0 Å². The molecule has 33 heavy (non-hydrogen) atoms. The van der Waals surface area contributed by atoms with E-state index in [0.29, 0.717) is 16.2 Å². The predicted molar refractivity (Wildman–Crippen MR) is 117 cm³/mol. The summed E-state index contributed by atoms with van der Waals surface area (Å²) in [6.07, 6.45) is 0. The second-order valence-electron chi connectivity index (χ2n) is 7.34. The molecule has 2 amide bonds. The highest BCUT2D eigenvalue weighted by molar-refractivity contribution is 8.00. The van der Waals surface area contributed by atoms with Gasteiger partial charge < -0.3 is 19.7 Å². The van der Waals surface area contributed by atoms with Gasteiger partial charge in [0.2, 0.25) is 0 Å². The first-order valence-corrected chi connectivity index (χ1v) is 11.2.